The Bertz CT molecular complexity index is 352. The van der Waals surface area contributed by atoms with Gasteiger partial charge in [0.05, 0.1) is 17.1 Å². The molecular formula is C12H24N2O3S. The van der Waals surface area contributed by atoms with Crippen LogP contribution in [0.15, 0.2) is 0 Å². The van der Waals surface area contributed by atoms with Crippen molar-refractivity contribution >= 4 is 9.84 Å². The molecule has 2 fully saturated rings. The summed E-state index contributed by atoms with van der Waals surface area (Å²) in [6.45, 7) is 0.840. The van der Waals surface area contributed by atoms with Crippen LogP contribution in [0.25, 0.3) is 0 Å². The molecule has 2 saturated heterocycles. The molecular weight excluding hydrogens is 252 g/mol. The maximum absolute atomic E-state index is 12.1. The zero-order valence-electron chi connectivity index (χ0n) is 10.8. The topological polar surface area (TPSA) is 81.4 Å². The van der Waals surface area contributed by atoms with E-state index >= 15 is 0 Å². The summed E-state index contributed by atoms with van der Waals surface area (Å²) >= 11 is 0. The quantitative estimate of drug-likeness (QED) is 0.572. The zero-order chi connectivity index (χ0) is 13.0. The molecule has 18 heavy (non-hydrogen) atoms. The van der Waals surface area contributed by atoms with Crippen LogP contribution in [-0.2, 0) is 14.6 Å². The number of nitrogens with one attached hydrogen (secondary N) is 1. The Labute approximate surface area is 109 Å². The highest BCUT2D eigenvalue weighted by Crippen LogP contribution is 2.26. The summed E-state index contributed by atoms with van der Waals surface area (Å²) in [5, 5.41) is -0.308. The van der Waals surface area contributed by atoms with Gasteiger partial charge in [0.2, 0.25) is 0 Å². The van der Waals surface area contributed by atoms with Crippen LogP contribution in [0, 0.1) is 0 Å². The van der Waals surface area contributed by atoms with Gasteiger partial charge < -0.3 is 4.74 Å². The second kappa shape index (κ2) is 6.32. The number of ether oxygens (including phenoxy) is 1. The molecule has 0 radical (unpaired) electrons. The molecule has 3 atom stereocenters. The predicted molar refractivity (Wildman–Crippen MR) is 70.7 cm³/mol. The van der Waals surface area contributed by atoms with Crippen molar-refractivity contribution in [3.63, 3.8) is 0 Å². The van der Waals surface area contributed by atoms with Gasteiger partial charge in [-0.2, -0.15) is 0 Å². The minimum atomic E-state index is -2.96. The van der Waals surface area contributed by atoms with Crippen molar-refractivity contribution in [2.24, 2.45) is 5.84 Å². The standard InChI is InChI=1S/C12H24N2O3S/c13-14-11(7-6-10-4-3-8-17-10)12-5-1-2-9-18(12,15)16/h10-12,14H,1-9,13H2. The van der Waals surface area contributed by atoms with Gasteiger partial charge in [0.15, 0.2) is 9.84 Å². The normalized spacial score (nSPS) is 33.4. The van der Waals surface area contributed by atoms with E-state index < -0.39 is 9.84 Å². The molecule has 0 aromatic heterocycles. The van der Waals surface area contributed by atoms with Crippen LogP contribution in [0.2, 0.25) is 0 Å². The first-order chi connectivity index (χ1) is 8.63. The van der Waals surface area contributed by atoms with Crippen molar-refractivity contribution in [1.82, 2.24) is 5.43 Å². The Morgan fingerprint density at radius 2 is 2.11 bits per heavy atom. The summed E-state index contributed by atoms with van der Waals surface area (Å²) in [7, 11) is -2.96. The fraction of sp³-hybridized carbons (Fsp3) is 1.00. The smallest absolute Gasteiger partial charge is 0.154 e. The predicted octanol–water partition coefficient (Wildman–Crippen LogP) is 0.745. The molecule has 0 aromatic rings. The Balaban J connectivity index is 1.90. The van der Waals surface area contributed by atoms with Crippen molar-refractivity contribution in [3.8, 4) is 0 Å². The molecule has 0 aliphatic carbocycles. The van der Waals surface area contributed by atoms with E-state index in [1.54, 1.807) is 0 Å². The Morgan fingerprint density at radius 3 is 2.72 bits per heavy atom. The van der Waals surface area contributed by atoms with Crippen molar-refractivity contribution in [2.75, 3.05) is 12.4 Å². The maximum Gasteiger partial charge on any atom is 0.154 e. The molecule has 2 heterocycles. The highest BCUT2D eigenvalue weighted by molar-refractivity contribution is 7.92. The van der Waals surface area contributed by atoms with Gasteiger partial charge in [0, 0.05) is 12.6 Å². The van der Waals surface area contributed by atoms with E-state index in [0.29, 0.717) is 11.9 Å². The van der Waals surface area contributed by atoms with Crippen molar-refractivity contribution in [1.29, 1.82) is 0 Å². The summed E-state index contributed by atoms with van der Waals surface area (Å²) in [5.41, 5.74) is 2.72. The largest absolute Gasteiger partial charge is 0.378 e. The molecule has 3 unspecified atom stereocenters. The number of rotatable bonds is 5. The lowest BCUT2D eigenvalue weighted by atomic mass is 10.0. The van der Waals surface area contributed by atoms with E-state index in [4.69, 9.17) is 10.6 Å². The lowest BCUT2D eigenvalue weighted by molar-refractivity contribution is 0.0992. The van der Waals surface area contributed by atoms with Crippen LogP contribution < -0.4 is 11.3 Å². The van der Waals surface area contributed by atoms with Gasteiger partial charge in [-0.05, 0) is 38.5 Å². The van der Waals surface area contributed by atoms with Gasteiger partial charge in [-0.3, -0.25) is 11.3 Å². The van der Waals surface area contributed by atoms with Crippen LogP contribution in [0.1, 0.15) is 44.9 Å². The van der Waals surface area contributed by atoms with Crippen molar-refractivity contribution in [3.05, 3.63) is 0 Å². The van der Waals surface area contributed by atoms with E-state index in [1.807, 2.05) is 0 Å². The van der Waals surface area contributed by atoms with Crippen LogP contribution in [0.3, 0.4) is 0 Å². The Hall–Kier alpha value is -0.170. The number of nitrogens with two attached hydrogens (primary N) is 1. The SMILES string of the molecule is NNC(CCC1CCCO1)C1CCCCS1(=O)=O. The minimum Gasteiger partial charge on any atom is -0.378 e. The van der Waals surface area contributed by atoms with Crippen molar-refractivity contribution in [2.45, 2.75) is 62.3 Å². The number of hydrazine groups is 1. The van der Waals surface area contributed by atoms with E-state index in [2.05, 4.69) is 5.43 Å². The molecule has 6 heteroatoms. The third kappa shape index (κ3) is 3.44. The number of sulfone groups is 1. The maximum atomic E-state index is 12.1. The molecule has 0 saturated carbocycles. The average molecular weight is 276 g/mol. The summed E-state index contributed by atoms with van der Waals surface area (Å²) in [5.74, 6) is 5.87. The number of hydrogen-bond acceptors (Lipinski definition) is 5. The number of hydrogen-bond donors (Lipinski definition) is 2. The summed E-state index contributed by atoms with van der Waals surface area (Å²) < 4.78 is 29.7. The van der Waals surface area contributed by atoms with E-state index in [9.17, 15) is 8.42 Å². The van der Waals surface area contributed by atoms with Crippen LogP contribution in [-0.4, -0.2) is 38.2 Å². The fourth-order valence-corrected chi connectivity index (χ4v) is 5.20. The highest BCUT2D eigenvalue weighted by Gasteiger charge is 2.35. The summed E-state index contributed by atoms with van der Waals surface area (Å²) in [4.78, 5) is 0. The van der Waals surface area contributed by atoms with E-state index in [1.165, 1.54) is 0 Å². The second-order valence-electron chi connectivity index (χ2n) is 5.39. The highest BCUT2D eigenvalue weighted by atomic mass is 32.2. The summed E-state index contributed by atoms with van der Waals surface area (Å²) in [6.07, 6.45) is 6.72. The van der Waals surface area contributed by atoms with Crippen LogP contribution in [0.5, 0.6) is 0 Å². The lowest BCUT2D eigenvalue weighted by Crippen LogP contribution is -2.49. The molecule has 2 aliphatic heterocycles. The molecule has 0 amide bonds. The van der Waals surface area contributed by atoms with Gasteiger partial charge in [-0.25, -0.2) is 8.42 Å². The second-order valence-corrected chi connectivity index (χ2v) is 7.73. The average Bonchev–Trinajstić information content (AvgIpc) is 2.84. The molecule has 0 aromatic carbocycles. The summed E-state index contributed by atoms with van der Waals surface area (Å²) in [6, 6.07) is -0.125. The van der Waals surface area contributed by atoms with E-state index in [0.717, 1.165) is 51.6 Å². The van der Waals surface area contributed by atoms with Gasteiger partial charge in [0.25, 0.3) is 0 Å². The first-order valence-electron chi connectivity index (χ1n) is 6.93. The third-order valence-corrected chi connectivity index (χ3v) is 6.46. The first-order valence-corrected chi connectivity index (χ1v) is 8.64. The fourth-order valence-electron chi connectivity index (χ4n) is 3.05. The third-order valence-electron chi connectivity index (χ3n) is 4.12. The monoisotopic (exact) mass is 276 g/mol. The molecule has 2 rings (SSSR count). The van der Waals surface area contributed by atoms with Crippen LogP contribution >= 0.6 is 0 Å². The Morgan fingerprint density at radius 1 is 1.28 bits per heavy atom. The first kappa shape index (κ1) is 14.2. The molecule has 5 nitrogen and oxygen atoms in total. The van der Waals surface area contributed by atoms with Gasteiger partial charge in [-0.15, -0.1) is 0 Å². The van der Waals surface area contributed by atoms with Gasteiger partial charge >= 0.3 is 0 Å². The van der Waals surface area contributed by atoms with E-state index in [-0.39, 0.29) is 11.3 Å². The van der Waals surface area contributed by atoms with Crippen LogP contribution in [0.4, 0.5) is 0 Å². The molecule has 2 aliphatic rings. The minimum absolute atomic E-state index is 0.125. The van der Waals surface area contributed by atoms with Gasteiger partial charge in [0.1, 0.15) is 0 Å². The lowest BCUT2D eigenvalue weighted by Gasteiger charge is -2.30. The Kier molecular flexibility index (Phi) is 5.00. The molecule has 3 N–H and O–H groups in total. The zero-order valence-corrected chi connectivity index (χ0v) is 11.6. The molecule has 0 bridgehead atoms. The van der Waals surface area contributed by atoms with Crippen molar-refractivity contribution < 1.29 is 13.2 Å². The van der Waals surface area contributed by atoms with Gasteiger partial charge in [-0.1, -0.05) is 6.42 Å². The molecule has 106 valence electrons. The molecule has 0 spiro atoms.